The molecule has 1 rings (SSSR count). The topological polar surface area (TPSA) is 21.3 Å². The summed E-state index contributed by atoms with van der Waals surface area (Å²) < 4.78 is 5.37. The van der Waals surface area contributed by atoms with Gasteiger partial charge in [-0.15, -0.1) is 0 Å². The number of ether oxygens (including phenoxy) is 1. The van der Waals surface area contributed by atoms with Crippen LogP contribution in [-0.2, 0) is 4.74 Å². The van der Waals surface area contributed by atoms with Crippen LogP contribution in [0.15, 0.2) is 0 Å². The van der Waals surface area contributed by atoms with Crippen molar-refractivity contribution < 1.29 is 4.74 Å². The Morgan fingerprint density at radius 1 is 1.29 bits per heavy atom. The van der Waals surface area contributed by atoms with Crippen LogP contribution in [0.4, 0.5) is 0 Å². The number of hydrogen-bond acceptors (Lipinski definition) is 2. The van der Waals surface area contributed by atoms with Crippen molar-refractivity contribution in [2.24, 2.45) is 5.92 Å². The molecule has 0 spiro atoms. The van der Waals surface area contributed by atoms with E-state index in [9.17, 15) is 0 Å². The molecule has 2 heteroatoms. The molecule has 0 radical (unpaired) electrons. The molecule has 14 heavy (non-hydrogen) atoms. The van der Waals surface area contributed by atoms with Crippen LogP contribution < -0.4 is 5.32 Å². The van der Waals surface area contributed by atoms with Crippen LogP contribution in [0.1, 0.15) is 46.5 Å². The van der Waals surface area contributed by atoms with Gasteiger partial charge in [-0.1, -0.05) is 13.8 Å². The molecular formula is C12H25NO. The highest BCUT2D eigenvalue weighted by Crippen LogP contribution is 2.19. The molecule has 2 nitrogen and oxygen atoms in total. The van der Waals surface area contributed by atoms with E-state index in [1.807, 2.05) is 0 Å². The summed E-state index contributed by atoms with van der Waals surface area (Å²) in [5.41, 5.74) is 0.342. The Kier molecular flexibility index (Phi) is 4.90. The minimum atomic E-state index is 0.342. The van der Waals surface area contributed by atoms with Gasteiger partial charge in [0.2, 0.25) is 0 Å². The number of rotatable bonds is 5. The molecule has 1 N–H and O–H groups in total. The molecule has 0 aromatic heterocycles. The SMILES string of the molecule is CC(C)CCCNC1(C)CCOCC1. The lowest BCUT2D eigenvalue weighted by atomic mass is 9.92. The second-order valence-corrected chi connectivity index (χ2v) is 5.14. The molecule has 0 unspecified atom stereocenters. The van der Waals surface area contributed by atoms with Gasteiger partial charge < -0.3 is 10.1 Å². The van der Waals surface area contributed by atoms with Crippen molar-refractivity contribution in [3.05, 3.63) is 0 Å². The molecule has 1 aliphatic heterocycles. The van der Waals surface area contributed by atoms with E-state index in [4.69, 9.17) is 4.74 Å². The van der Waals surface area contributed by atoms with Crippen molar-refractivity contribution >= 4 is 0 Å². The Morgan fingerprint density at radius 2 is 1.93 bits per heavy atom. The maximum absolute atomic E-state index is 5.37. The predicted octanol–water partition coefficient (Wildman–Crippen LogP) is 2.58. The molecule has 0 amide bonds. The zero-order valence-corrected chi connectivity index (χ0v) is 9.94. The van der Waals surface area contributed by atoms with E-state index in [1.165, 1.54) is 12.8 Å². The van der Waals surface area contributed by atoms with Gasteiger partial charge in [0, 0.05) is 18.8 Å². The largest absolute Gasteiger partial charge is 0.381 e. The van der Waals surface area contributed by atoms with Crippen LogP contribution in [0.25, 0.3) is 0 Å². The summed E-state index contributed by atoms with van der Waals surface area (Å²) in [6, 6.07) is 0. The Morgan fingerprint density at radius 3 is 2.50 bits per heavy atom. The van der Waals surface area contributed by atoms with Crippen LogP contribution >= 0.6 is 0 Å². The Bertz CT molecular complexity index is 150. The summed E-state index contributed by atoms with van der Waals surface area (Å²) in [4.78, 5) is 0. The Labute approximate surface area is 88.4 Å². The van der Waals surface area contributed by atoms with Gasteiger partial charge >= 0.3 is 0 Å². The lowest BCUT2D eigenvalue weighted by Gasteiger charge is -2.34. The summed E-state index contributed by atoms with van der Waals surface area (Å²) in [7, 11) is 0. The second-order valence-electron chi connectivity index (χ2n) is 5.14. The Hall–Kier alpha value is -0.0800. The lowest BCUT2D eigenvalue weighted by molar-refractivity contribution is 0.0452. The molecule has 84 valence electrons. The van der Waals surface area contributed by atoms with Gasteiger partial charge in [0.05, 0.1) is 0 Å². The van der Waals surface area contributed by atoms with E-state index in [1.54, 1.807) is 0 Å². The van der Waals surface area contributed by atoms with E-state index in [0.29, 0.717) is 5.54 Å². The van der Waals surface area contributed by atoms with Gasteiger partial charge in [-0.2, -0.15) is 0 Å². The average Bonchev–Trinajstić information content (AvgIpc) is 2.14. The van der Waals surface area contributed by atoms with Gasteiger partial charge in [0.1, 0.15) is 0 Å². The third kappa shape index (κ3) is 4.43. The van der Waals surface area contributed by atoms with Crippen molar-refractivity contribution in [3.8, 4) is 0 Å². The summed E-state index contributed by atoms with van der Waals surface area (Å²) in [6.45, 7) is 9.91. The van der Waals surface area contributed by atoms with Gasteiger partial charge in [0.25, 0.3) is 0 Å². The Balaban J connectivity index is 2.09. The van der Waals surface area contributed by atoms with Gasteiger partial charge in [-0.05, 0) is 45.1 Å². The summed E-state index contributed by atoms with van der Waals surface area (Å²) in [5.74, 6) is 0.833. The van der Waals surface area contributed by atoms with Gasteiger partial charge in [-0.25, -0.2) is 0 Å². The molecular weight excluding hydrogens is 174 g/mol. The van der Waals surface area contributed by atoms with E-state index < -0.39 is 0 Å². The maximum atomic E-state index is 5.37. The normalized spacial score (nSPS) is 21.4. The van der Waals surface area contributed by atoms with Crippen LogP contribution in [0, 0.1) is 5.92 Å². The van der Waals surface area contributed by atoms with Gasteiger partial charge in [0.15, 0.2) is 0 Å². The first-order valence-corrected chi connectivity index (χ1v) is 5.95. The molecule has 1 heterocycles. The van der Waals surface area contributed by atoms with E-state index in [0.717, 1.165) is 38.5 Å². The third-order valence-electron chi connectivity index (χ3n) is 3.11. The quantitative estimate of drug-likeness (QED) is 0.687. The van der Waals surface area contributed by atoms with Crippen molar-refractivity contribution in [2.45, 2.75) is 52.0 Å². The van der Waals surface area contributed by atoms with E-state index in [-0.39, 0.29) is 0 Å². The molecule has 1 saturated heterocycles. The van der Waals surface area contributed by atoms with E-state index in [2.05, 4.69) is 26.1 Å². The minimum absolute atomic E-state index is 0.342. The first kappa shape index (κ1) is 12.0. The van der Waals surface area contributed by atoms with Crippen LogP contribution in [0.2, 0.25) is 0 Å². The second kappa shape index (κ2) is 5.72. The minimum Gasteiger partial charge on any atom is -0.381 e. The smallest absolute Gasteiger partial charge is 0.0483 e. The highest BCUT2D eigenvalue weighted by atomic mass is 16.5. The van der Waals surface area contributed by atoms with Crippen molar-refractivity contribution in [3.63, 3.8) is 0 Å². The molecule has 0 aromatic rings. The van der Waals surface area contributed by atoms with Gasteiger partial charge in [-0.3, -0.25) is 0 Å². The fraction of sp³-hybridized carbons (Fsp3) is 1.00. The first-order chi connectivity index (χ1) is 6.62. The van der Waals surface area contributed by atoms with Crippen molar-refractivity contribution in [2.75, 3.05) is 19.8 Å². The first-order valence-electron chi connectivity index (χ1n) is 5.95. The zero-order chi connectivity index (χ0) is 10.4. The highest BCUT2D eigenvalue weighted by molar-refractivity contribution is 4.85. The summed E-state index contributed by atoms with van der Waals surface area (Å²) >= 11 is 0. The van der Waals surface area contributed by atoms with Crippen LogP contribution in [0.5, 0.6) is 0 Å². The maximum Gasteiger partial charge on any atom is 0.0483 e. The monoisotopic (exact) mass is 199 g/mol. The molecule has 0 aliphatic carbocycles. The molecule has 0 atom stereocenters. The predicted molar refractivity (Wildman–Crippen MR) is 60.5 cm³/mol. The molecule has 0 saturated carbocycles. The van der Waals surface area contributed by atoms with Crippen LogP contribution in [-0.4, -0.2) is 25.3 Å². The third-order valence-corrected chi connectivity index (χ3v) is 3.11. The van der Waals surface area contributed by atoms with E-state index >= 15 is 0 Å². The molecule has 1 fully saturated rings. The molecule has 0 bridgehead atoms. The fourth-order valence-electron chi connectivity index (χ4n) is 1.90. The summed E-state index contributed by atoms with van der Waals surface area (Å²) in [5, 5.41) is 3.67. The molecule has 0 aromatic carbocycles. The lowest BCUT2D eigenvalue weighted by Crippen LogP contribution is -2.47. The number of hydrogen-bond donors (Lipinski definition) is 1. The molecule has 1 aliphatic rings. The van der Waals surface area contributed by atoms with Crippen LogP contribution in [0.3, 0.4) is 0 Å². The van der Waals surface area contributed by atoms with Crippen molar-refractivity contribution in [1.82, 2.24) is 5.32 Å². The zero-order valence-electron chi connectivity index (χ0n) is 9.94. The highest BCUT2D eigenvalue weighted by Gasteiger charge is 2.25. The number of nitrogens with one attached hydrogen (secondary N) is 1. The standard InChI is InChI=1S/C12H25NO/c1-11(2)5-4-8-13-12(3)6-9-14-10-7-12/h11,13H,4-10H2,1-3H3. The van der Waals surface area contributed by atoms with Crippen molar-refractivity contribution in [1.29, 1.82) is 0 Å². The average molecular weight is 199 g/mol. The fourth-order valence-corrected chi connectivity index (χ4v) is 1.90. The summed E-state index contributed by atoms with van der Waals surface area (Å²) in [6.07, 6.45) is 4.96.